The van der Waals surface area contributed by atoms with E-state index in [1.54, 1.807) is 0 Å². The Morgan fingerprint density at radius 2 is 2.00 bits per heavy atom. The van der Waals surface area contributed by atoms with E-state index in [1.807, 2.05) is 18.2 Å². The first kappa shape index (κ1) is 13.6. The van der Waals surface area contributed by atoms with Gasteiger partial charge in [0, 0.05) is 6.04 Å². The average molecular weight is 247 g/mol. The number of rotatable bonds is 4. The number of benzene rings is 1. The Labute approximate surface area is 110 Å². The standard InChI is InChI=1S/C16H25NO/c1-16(2)11-7-6-10-15(16)17-14(12-18)13-8-4-3-5-9-13/h3-5,8-9,14-15,17-18H,6-7,10-12H2,1-2H3. The molecule has 1 aromatic rings. The zero-order valence-electron chi connectivity index (χ0n) is 11.5. The summed E-state index contributed by atoms with van der Waals surface area (Å²) in [6.45, 7) is 4.84. The molecular formula is C16H25NO. The van der Waals surface area contributed by atoms with Crippen LogP contribution in [0, 0.1) is 5.41 Å². The van der Waals surface area contributed by atoms with Gasteiger partial charge in [0.05, 0.1) is 12.6 Å². The molecule has 2 atom stereocenters. The van der Waals surface area contributed by atoms with E-state index in [0.717, 1.165) is 0 Å². The lowest BCUT2D eigenvalue weighted by Gasteiger charge is -2.41. The topological polar surface area (TPSA) is 32.3 Å². The monoisotopic (exact) mass is 247 g/mol. The summed E-state index contributed by atoms with van der Waals surface area (Å²) in [5.74, 6) is 0. The van der Waals surface area contributed by atoms with Crippen molar-refractivity contribution in [2.24, 2.45) is 5.41 Å². The molecule has 2 nitrogen and oxygen atoms in total. The maximum absolute atomic E-state index is 9.62. The smallest absolute Gasteiger partial charge is 0.0626 e. The fourth-order valence-corrected chi connectivity index (χ4v) is 2.99. The van der Waals surface area contributed by atoms with Crippen molar-refractivity contribution >= 4 is 0 Å². The van der Waals surface area contributed by atoms with Gasteiger partial charge in [-0.15, -0.1) is 0 Å². The quantitative estimate of drug-likeness (QED) is 0.856. The van der Waals surface area contributed by atoms with Crippen LogP contribution >= 0.6 is 0 Å². The first-order valence-corrected chi connectivity index (χ1v) is 7.05. The molecule has 2 rings (SSSR count). The van der Waals surface area contributed by atoms with Crippen molar-refractivity contribution in [3.8, 4) is 0 Å². The van der Waals surface area contributed by atoms with Gasteiger partial charge in [-0.1, -0.05) is 57.0 Å². The van der Waals surface area contributed by atoms with Crippen LogP contribution in [0.3, 0.4) is 0 Å². The molecule has 0 radical (unpaired) electrons. The van der Waals surface area contributed by atoms with E-state index in [4.69, 9.17) is 0 Å². The molecule has 100 valence electrons. The van der Waals surface area contributed by atoms with Gasteiger partial charge in [-0.2, -0.15) is 0 Å². The summed E-state index contributed by atoms with van der Waals surface area (Å²) < 4.78 is 0. The number of aliphatic hydroxyl groups is 1. The first-order chi connectivity index (χ1) is 8.63. The fourth-order valence-electron chi connectivity index (χ4n) is 2.99. The lowest BCUT2D eigenvalue weighted by molar-refractivity contribution is 0.135. The molecule has 1 fully saturated rings. The van der Waals surface area contributed by atoms with Crippen molar-refractivity contribution in [3.63, 3.8) is 0 Å². The minimum atomic E-state index is 0.0635. The molecule has 0 aromatic heterocycles. The molecule has 0 saturated heterocycles. The molecule has 0 heterocycles. The molecule has 1 aliphatic rings. The van der Waals surface area contributed by atoms with Gasteiger partial charge >= 0.3 is 0 Å². The molecule has 0 aliphatic heterocycles. The van der Waals surface area contributed by atoms with Crippen molar-refractivity contribution in [3.05, 3.63) is 35.9 Å². The van der Waals surface area contributed by atoms with Crippen LogP contribution in [-0.2, 0) is 0 Å². The van der Waals surface area contributed by atoms with Crippen LogP contribution in [0.2, 0.25) is 0 Å². The van der Waals surface area contributed by atoms with Gasteiger partial charge in [0.1, 0.15) is 0 Å². The highest BCUT2D eigenvalue weighted by molar-refractivity contribution is 5.19. The third kappa shape index (κ3) is 3.12. The van der Waals surface area contributed by atoms with E-state index in [2.05, 4.69) is 31.3 Å². The van der Waals surface area contributed by atoms with Crippen LogP contribution in [0.15, 0.2) is 30.3 Å². The van der Waals surface area contributed by atoms with Crippen LogP contribution in [0.25, 0.3) is 0 Å². The van der Waals surface area contributed by atoms with Gasteiger partial charge in [-0.3, -0.25) is 0 Å². The second-order valence-electron chi connectivity index (χ2n) is 6.10. The van der Waals surface area contributed by atoms with E-state index in [1.165, 1.54) is 31.2 Å². The molecule has 2 unspecified atom stereocenters. The SMILES string of the molecule is CC1(C)CCCCC1NC(CO)c1ccccc1. The molecule has 0 spiro atoms. The highest BCUT2D eigenvalue weighted by Crippen LogP contribution is 2.36. The normalized spacial score (nSPS) is 24.7. The summed E-state index contributed by atoms with van der Waals surface area (Å²) in [6, 6.07) is 10.8. The highest BCUT2D eigenvalue weighted by Gasteiger charge is 2.33. The molecule has 1 saturated carbocycles. The number of hydrogen-bond acceptors (Lipinski definition) is 2. The van der Waals surface area contributed by atoms with Crippen molar-refractivity contribution in [2.45, 2.75) is 51.6 Å². The predicted molar refractivity (Wildman–Crippen MR) is 75.4 cm³/mol. The molecule has 2 N–H and O–H groups in total. The molecule has 2 heteroatoms. The van der Waals surface area contributed by atoms with Gasteiger partial charge in [0.2, 0.25) is 0 Å². The van der Waals surface area contributed by atoms with Gasteiger partial charge in [0.25, 0.3) is 0 Å². The molecular weight excluding hydrogens is 222 g/mol. The highest BCUT2D eigenvalue weighted by atomic mass is 16.3. The van der Waals surface area contributed by atoms with Crippen molar-refractivity contribution in [2.75, 3.05) is 6.61 Å². The van der Waals surface area contributed by atoms with Gasteiger partial charge in [-0.25, -0.2) is 0 Å². The Balaban J connectivity index is 2.06. The van der Waals surface area contributed by atoms with Gasteiger partial charge in [-0.05, 0) is 23.8 Å². The Morgan fingerprint density at radius 3 is 2.61 bits per heavy atom. The summed E-state index contributed by atoms with van der Waals surface area (Å²) in [7, 11) is 0. The van der Waals surface area contributed by atoms with Crippen LogP contribution in [0.4, 0.5) is 0 Å². The summed E-state index contributed by atoms with van der Waals surface area (Å²) in [4.78, 5) is 0. The summed E-state index contributed by atoms with van der Waals surface area (Å²) >= 11 is 0. The van der Waals surface area contributed by atoms with Gasteiger partial charge in [0.15, 0.2) is 0 Å². The summed E-state index contributed by atoms with van der Waals surface area (Å²) in [5.41, 5.74) is 1.52. The van der Waals surface area contributed by atoms with Crippen molar-refractivity contribution in [1.82, 2.24) is 5.32 Å². The lowest BCUT2D eigenvalue weighted by atomic mass is 9.73. The average Bonchev–Trinajstić information content (AvgIpc) is 2.38. The third-order valence-electron chi connectivity index (χ3n) is 4.29. The maximum Gasteiger partial charge on any atom is 0.0626 e. The lowest BCUT2D eigenvalue weighted by Crippen LogP contribution is -2.46. The zero-order chi connectivity index (χ0) is 13.0. The Morgan fingerprint density at radius 1 is 1.28 bits per heavy atom. The predicted octanol–water partition coefficient (Wildman–Crippen LogP) is 3.28. The first-order valence-electron chi connectivity index (χ1n) is 7.05. The Bertz CT molecular complexity index is 361. The van der Waals surface area contributed by atoms with Crippen LogP contribution in [0.1, 0.15) is 51.1 Å². The largest absolute Gasteiger partial charge is 0.394 e. The zero-order valence-corrected chi connectivity index (χ0v) is 11.5. The van der Waals surface area contributed by atoms with Crippen LogP contribution in [0.5, 0.6) is 0 Å². The maximum atomic E-state index is 9.62. The molecule has 1 aromatic carbocycles. The molecule has 0 amide bonds. The Kier molecular flexibility index (Phi) is 4.41. The number of hydrogen-bond donors (Lipinski definition) is 2. The van der Waals surface area contributed by atoms with Crippen molar-refractivity contribution in [1.29, 1.82) is 0 Å². The minimum absolute atomic E-state index is 0.0635. The fraction of sp³-hybridized carbons (Fsp3) is 0.625. The van der Waals surface area contributed by atoms with E-state index in [0.29, 0.717) is 11.5 Å². The van der Waals surface area contributed by atoms with E-state index < -0.39 is 0 Å². The summed E-state index contributed by atoms with van der Waals surface area (Å²) in [6.07, 6.45) is 5.13. The van der Waals surface area contributed by atoms with E-state index in [9.17, 15) is 5.11 Å². The number of aliphatic hydroxyl groups excluding tert-OH is 1. The second kappa shape index (κ2) is 5.85. The molecule has 0 bridgehead atoms. The van der Waals surface area contributed by atoms with Crippen LogP contribution < -0.4 is 5.32 Å². The van der Waals surface area contributed by atoms with Crippen molar-refractivity contribution < 1.29 is 5.11 Å². The van der Waals surface area contributed by atoms with E-state index >= 15 is 0 Å². The minimum Gasteiger partial charge on any atom is -0.394 e. The van der Waals surface area contributed by atoms with Gasteiger partial charge < -0.3 is 10.4 Å². The van der Waals surface area contributed by atoms with E-state index in [-0.39, 0.29) is 12.6 Å². The van der Waals surface area contributed by atoms with Crippen LogP contribution in [-0.4, -0.2) is 17.8 Å². The molecule has 18 heavy (non-hydrogen) atoms. The number of nitrogens with one attached hydrogen (secondary N) is 1. The molecule has 1 aliphatic carbocycles. The Hall–Kier alpha value is -0.860. The third-order valence-corrected chi connectivity index (χ3v) is 4.29. The summed E-state index contributed by atoms with van der Waals surface area (Å²) in [5, 5.41) is 13.3. The second-order valence-corrected chi connectivity index (χ2v) is 6.10.